The van der Waals surface area contributed by atoms with Crippen LogP contribution in [0.2, 0.25) is 0 Å². The summed E-state index contributed by atoms with van der Waals surface area (Å²) in [4.78, 5) is 11.0. The normalized spacial score (nSPS) is 12.4. The lowest BCUT2D eigenvalue weighted by Gasteiger charge is -2.09. The van der Waals surface area contributed by atoms with Crippen LogP contribution >= 0.6 is 15.9 Å². The second-order valence-corrected chi connectivity index (χ2v) is 4.01. The maximum Gasteiger partial charge on any atom is 0.423 e. The summed E-state index contributed by atoms with van der Waals surface area (Å²) in [5, 5.41) is 0. The molecule has 0 aromatic heterocycles. The highest BCUT2D eigenvalue weighted by Crippen LogP contribution is 2.28. The summed E-state index contributed by atoms with van der Waals surface area (Å²) in [7, 11) is 0.906. The molecule has 1 aromatic rings. The van der Waals surface area contributed by atoms with Gasteiger partial charge in [-0.1, -0.05) is 28.1 Å². The fourth-order valence-electron chi connectivity index (χ4n) is 1.09. The summed E-state index contributed by atoms with van der Waals surface area (Å²) in [6.07, 6.45) is -3.99. The van der Waals surface area contributed by atoms with Crippen LogP contribution in [0.1, 0.15) is 5.56 Å². The molecule has 0 atom stereocenters. The Hall–Kier alpha value is -1.30. The first-order chi connectivity index (χ1) is 7.84. The molecule has 0 aliphatic rings. The van der Waals surface area contributed by atoms with E-state index in [1.807, 2.05) is 0 Å². The number of rotatable bonds is 2. The van der Waals surface area contributed by atoms with E-state index in [-0.39, 0.29) is 5.56 Å². The largest absolute Gasteiger partial charge is 0.465 e. The summed E-state index contributed by atoms with van der Waals surface area (Å²) in [5.41, 5.74) is -1.06. The number of hydrogen-bond donors (Lipinski definition) is 0. The van der Waals surface area contributed by atoms with Crippen LogP contribution in [-0.2, 0) is 9.53 Å². The van der Waals surface area contributed by atoms with Crippen LogP contribution in [0.5, 0.6) is 0 Å². The molecule has 0 radical (unpaired) electrons. The SMILES string of the molecule is COC(=O)/C(=C/c1ccc(Br)cc1)C(F)(F)F. The third-order valence-electron chi connectivity index (χ3n) is 1.89. The minimum atomic E-state index is -4.74. The molecule has 0 aliphatic carbocycles. The molecule has 0 heterocycles. The van der Waals surface area contributed by atoms with Crippen LogP contribution in [0.15, 0.2) is 34.3 Å². The van der Waals surface area contributed by atoms with E-state index in [2.05, 4.69) is 20.7 Å². The highest BCUT2D eigenvalue weighted by molar-refractivity contribution is 9.10. The van der Waals surface area contributed by atoms with Gasteiger partial charge in [0.1, 0.15) is 5.57 Å². The Morgan fingerprint density at radius 2 is 1.82 bits per heavy atom. The van der Waals surface area contributed by atoms with Crippen molar-refractivity contribution in [3.8, 4) is 0 Å². The summed E-state index contributed by atoms with van der Waals surface area (Å²) >= 11 is 3.16. The van der Waals surface area contributed by atoms with E-state index in [0.717, 1.165) is 17.7 Å². The minimum Gasteiger partial charge on any atom is -0.465 e. The Labute approximate surface area is 104 Å². The van der Waals surface area contributed by atoms with Crippen LogP contribution in [0, 0.1) is 0 Å². The minimum absolute atomic E-state index is 0.269. The average molecular weight is 309 g/mol. The van der Waals surface area contributed by atoms with Crippen molar-refractivity contribution < 1.29 is 22.7 Å². The Balaban J connectivity index is 3.14. The third kappa shape index (κ3) is 3.89. The van der Waals surface area contributed by atoms with Gasteiger partial charge in [0.15, 0.2) is 0 Å². The molecule has 1 rings (SSSR count). The first-order valence-electron chi connectivity index (χ1n) is 4.47. The van der Waals surface area contributed by atoms with Gasteiger partial charge < -0.3 is 4.74 Å². The fraction of sp³-hybridized carbons (Fsp3) is 0.182. The van der Waals surface area contributed by atoms with E-state index in [1.165, 1.54) is 12.1 Å². The topological polar surface area (TPSA) is 26.3 Å². The quantitative estimate of drug-likeness (QED) is 0.617. The molecule has 0 amide bonds. The maximum atomic E-state index is 12.5. The molecule has 17 heavy (non-hydrogen) atoms. The van der Waals surface area contributed by atoms with E-state index in [4.69, 9.17) is 0 Å². The Bertz CT molecular complexity index is 435. The van der Waals surface area contributed by atoms with Crippen molar-refractivity contribution in [2.75, 3.05) is 7.11 Å². The highest BCUT2D eigenvalue weighted by atomic mass is 79.9. The van der Waals surface area contributed by atoms with Crippen LogP contribution in [0.25, 0.3) is 6.08 Å². The smallest absolute Gasteiger partial charge is 0.423 e. The summed E-state index contributed by atoms with van der Waals surface area (Å²) in [5.74, 6) is -1.40. The van der Waals surface area contributed by atoms with Crippen LogP contribution in [0.4, 0.5) is 13.2 Å². The zero-order chi connectivity index (χ0) is 13.1. The summed E-state index contributed by atoms with van der Waals surface area (Å²) < 4.78 is 42.5. The van der Waals surface area contributed by atoms with Gasteiger partial charge in [-0.3, -0.25) is 0 Å². The highest BCUT2D eigenvalue weighted by Gasteiger charge is 2.39. The van der Waals surface area contributed by atoms with Gasteiger partial charge in [-0.25, -0.2) is 4.79 Å². The second kappa shape index (κ2) is 5.35. The number of carbonyl (C=O) groups is 1. The van der Waals surface area contributed by atoms with Gasteiger partial charge in [0.2, 0.25) is 0 Å². The summed E-state index contributed by atoms with van der Waals surface area (Å²) in [6, 6.07) is 6.08. The Morgan fingerprint density at radius 1 is 1.29 bits per heavy atom. The molecule has 92 valence electrons. The maximum absolute atomic E-state index is 12.5. The van der Waals surface area contributed by atoms with E-state index < -0.39 is 17.7 Å². The molecule has 6 heteroatoms. The van der Waals surface area contributed by atoms with Gasteiger partial charge in [-0.2, -0.15) is 13.2 Å². The number of ether oxygens (including phenoxy) is 1. The molecule has 0 spiro atoms. The monoisotopic (exact) mass is 308 g/mol. The number of methoxy groups -OCH3 is 1. The number of halogens is 4. The first kappa shape index (κ1) is 13.8. The molecule has 0 fully saturated rings. The number of alkyl halides is 3. The fourth-order valence-corrected chi connectivity index (χ4v) is 1.36. The van der Waals surface area contributed by atoms with Crippen LogP contribution in [0.3, 0.4) is 0 Å². The van der Waals surface area contributed by atoms with Gasteiger partial charge in [-0.15, -0.1) is 0 Å². The number of benzene rings is 1. The zero-order valence-corrected chi connectivity index (χ0v) is 10.3. The lowest BCUT2D eigenvalue weighted by Crippen LogP contribution is -2.21. The predicted octanol–water partition coefficient (Wildman–Crippen LogP) is 3.57. The Morgan fingerprint density at radius 3 is 2.24 bits per heavy atom. The van der Waals surface area contributed by atoms with Gasteiger partial charge in [0.05, 0.1) is 7.11 Å². The number of hydrogen-bond acceptors (Lipinski definition) is 2. The molecule has 0 aliphatic heterocycles. The molecular formula is C11H8BrF3O2. The van der Waals surface area contributed by atoms with Crippen molar-refractivity contribution in [3.05, 3.63) is 39.9 Å². The van der Waals surface area contributed by atoms with Crippen molar-refractivity contribution >= 4 is 28.0 Å². The Kier molecular flexibility index (Phi) is 4.34. The van der Waals surface area contributed by atoms with E-state index in [0.29, 0.717) is 0 Å². The van der Waals surface area contributed by atoms with Gasteiger partial charge >= 0.3 is 12.1 Å². The first-order valence-corrected chi connectivity index (χ1v) is 5.26. The second-order valence-electron chi connectivity index (χ2n) is 3.10. The molecule has 0 saturated carbocycles. The van der Waals surface area contributed by atoms with E-state index in [1.54, 1.807) is 12.1 Å². The lowest BCUT2D eigenvalue weighted by atomic mass is 10.1. The van der Waals surface area contributed by atoms with Gasteiger partial charge in [0.25, 0.3) is 0 Å². The van der Waals surface area contributed by atoms with Gasteiger partial charge in [0, 0.05) is 4.47 Å². The predicted molar refractivity (Wildman–Crippen MR) is 60.2 cm³/mol. The average Bonchev–Trinajstić information content (AvgIpc) is 2.25. The molecule has 0 bridgehead atoms. The van der Waals surface area contributed by atoms with Crippen LogP contribution in [-0.4, -0.2) is 19.3 Å². The van der Waals surface area contributed by atoms with Crippen molar-refractivity contribution in [1.82, 2.24) is 0 Å². The summed E-state index contributed by atoms with van der Waals surface area (Å²) in [6.45, 7) is 0. The number of esters is 1. The van der Waals surface area contributed by atoms with Crippen LogP contribution < -0.4 is 0 Å². The van der Waals surface area contributed by atoms with Crippen molar-refractivity contribution in [2.24, 2.45) is 0 Å². The van der Waals surface area contributed by atoms with E-state index >= 15 is 0 Å². The molecule has 0 N–H and O–H groups in total. The van der Waals surface area contributed by atoms with Crippen molar-refractivity contribution in [2.45, 2.75) is 6.18 Å². The van der Waals surface area contributed by atoms with Crippen molar-refractivity contribution in [1.29, 1.82) is 0 Å². The zero-order valence-electron chi connectivity index (χ0n) is 8.72. The van der Waals surface area contributed by atoms with Gasteiger partial charge in [-0.05, 0) is 23.8 Å². The van der Waals surface area contributed by atoms with Crippen molar-refractivity contribution in [3.63, 3.8) is 0 Å². The number of carbonyl (C=O) groups excluding carboxylic acids is 1. The molecule has 2 nitrogen and oxygen atoms in total. The standard InChI is InChI=1S/C11H8BrF3O2/c1-17-10(16)9(11(13,14)15)6-7-2-4-8(12)5-3-7/h2-6H,1H3/b9-6-. The lowest BCUT2D eigenvalue weighted by molar-refractivity contribution is -0.147. The third-order valence-corrected chi connectivity index (χ3v) is 2.42. The molecule has 0 saturated heterocycles. The molecular weight excluding hydrogens is 301 g/mol. The molecule has 1 aromatic carbocycles. The van der Waals surface area contributed by atoms with E-state index in [9.17, 15) is 18.0 Å². The molecule has 0 unspecified atom stereocenters.